The molecule has 0 saturated carbocycles. The Kier molecular flexibility index (Phi) is 5.07. The maximum absolute atomic E-state index is 11.7. The Labute approximate surface area is 138 Å². The van der Waals surface area contributed by atoms with Gasteiger partial charge in [-0.25, -0.2) is 9.78 Å². The summed E-state index contributed by atoms with van der Waals surface area (Å²) in [7, 11) is 0. The lowest BCUT2D eigenvalue weighted by Crippen LogP contribution is -2.48. The molecule has 0 spiro atoms. The first-order valence-corrected chi connectivity index (χ1v) is 9.19. The first kappa shape index (κ1) is 15.5. The summed E-state index contributed by atoms with van der Waals surface area (Å²) < 4.78 is 5.04. The third-order valence-corrected chi connectivity index (χ3v) is 5.23. The van der Waals surface area contributed by atoms with Crippen LogP contribution in [0.15, 0.2) is 22.2 Å². The zero-order chi connectivity index (χ0) is 15.4. The summed E-state index contributed by atoms with van der Waals surface area (Å²) in [6, 6.07) is 2.10. The van der Waals surface area contributed by atoms with Crippen LogP contribution in [0, 0.1) is 0 Å². The number of piperazine rings is 1. The van der Waals surface area contributed by atoms with Crippen LogP contribution in [0.4, 0.5) is 4.79 Å². The molecule has 0 aromatic carbocycles. The van der Waals surface area contributed by atoms with Gasteiger partial charge in [-0.1, -0.05) is 0 Å². The van der Waals surface area contributed by atoms with Gasteiger partial charge in [0.05, 0.1) is 12.3 Å². The largest absolute Gasteiger partial charge is 0.450 e. The van der Waals surface area contributed by atoms with E-state index in [1.165, 1.54) is 5.56 Å². The van der Waals surface area contributed by atoms with Crippen molar-refractivity contribution < 1.29 is 9.53 Å². The average Bonchev–Trinajstić information content (AvgIpc) is 3.19. The van der Waals surface area contributed by atoms with E-state index in [4.69, 9.17) is 9.72 Å². The molecule has 7 heteroatoms. The number of hydrogen-bond donors (Lipinski definition) is 0. The number of aromatic nitrogens is 1. The van der Waals surface area contributed by atoms with Crippen molar-refractivity contribution in [2.45, 2.75) is 13.5 Å². The minimum atomic E-state index is -0.199. The van der Waals surface area contributed by atoms with Crippen molar-refractivity contribution >= 4 is 28.8 Å². The van der Waals surface area contributed by atoms with Gasteiger partial charge in [0.25, 0.3) is 0 Å². The Hall–Kier alpha value is -1.44. The van der Waals surface area contributed by atoms with Crippen molar-refractivity contribution in [1.82, 2.24) is 14.8 Å². The summed E-state index contributed by atoms with van der Waals surface area (Å²) >= 11 is 3.39. The number of carbonyl (C=O) groups excluding carboxylic acids is 1. The monoisotopic (exact) mass is 337 g/mol. The highest BCUT2D eigenvalue weighted by Gasteiger charge is 2.22. The SMILES string of the molecule is CCOC(=O)N1CCN(Cc2csc(-c3ccsc3)n2)CC1. The molecule has 5 nitrogen and oxygen atoms in total. The summed E-state index contributed by atoms with van der Waals surface area (Å²) in [6.45, 7) is 6.29. The lowest BCUT2D eigenvalue weighted by Gasteiger charge is -2.33. The molecule has 0 radical (unpaired) electrons. The Balaban J connectivity index is 1.52. The van der Waals surface area contributed by atoms with Gasteiger partial charge in [0.2, 0.25) is 0 Å². The number of rotatable bonds is 4. The number of nitrogens with zero attached hydrogens (tertiary/aromatic N) is 3. The van der Waals surface area contributed by atoms with E-state index in [0.29, 0.717) is 6.61 Å². The highest BCUT2D eigenvalue weighted by molar-refractivity contribution is 7.14. The van der Waals surface area contributed by atoms with E-state index >= 15 is 0 Å². The van der Waals surface area contributed by atoms with Crippen molar-refractivity contribution in [3.8, 4) is 10.6 Å². The molecule has 2 aromatic rings. The molecular formula is C15H19N3O2S2. The molecule has 0 unspecified atom stereocenters. The number of amides is 1. The molecule has 3 rings (SSSR count). The van der Waals surface area contributed by atoms with Gasteiger partial charge in [0.15, 0.2) is 0 Å². The van der Waals surface area contributed by atoms with Crippen LogP contribution >= 0.6 is 22.7 Å². The predicted octanol–water partition coefficient (Wildman–Crippen LogP) is 3.15. The molecule has 1 aliphatic rings. The van der Waals surface area contributed by atoms with Crippen LogP contribution < -0.4 is 0 Å². The van der Waals surface area contributed by atoms with Crippen LogP contribution in [0.1, 0.15) is 12.6 Å². The number of thiophene rings is 1. The van der Waals surface area contributed by atoms with Gasteiger partial charge in [-0.2, -0.15) is 11.3 Å². The first-order valence-electron chi connectivity index (χ1n) is 7.37. The molecule has 1 fully saturated rings. The van der Waals surface area contributed by atoms with E-state index in [9.17, 15) is 4.79 Å². The van der Waals surface area contributed by atoms with Gasteiger partial charge in [-0.05, 0) is 18.4 Å². The Morgan fingerprint density at radius 1 is 1.32 bits per heavy atom. The van der Waals surface area contributed by atoms with Crippen LogP contribution in [0.3, 0.4) is 0 Å². The molecule has 1 aliphatic heterocycles. The van der Waals surface area contributed by atoms with Crippen molar-refractivity contribution in [3.05, 3.63) is 27.9 Å². The second-order valence-electron chi connectivity index (χ2n) is 5.12. The quantitative estimate of drug-likeness (QED) is 0.860. The fourth-order valence-corrected chi connectivity index (χ4v) is 3.95. The van der Waals surface area contributed by atoms with Crippen LogP contribution in [0.5, 0.6) is 0 Å². The molecule has 2 aromatic heterocycles. The van der Waals surface area contributed by atoms with Gasteiger partial charge in [-0.3, -0.25) is 4.90 Å². The van der Waals surface area contributed by atoms with E-state index in [1.54, 1.807) is 27.6 Å². The van der Waals surface area contributed by atoms with Gasteiger partial charge in [0.1, 0.15) is 5.01 Å². The molecule has 0 N–H and O–H groups in total. The Bertz CT molecular complexity index is 604. The molecule has 0 atom stereocenters. The van der Waals surface area contributed by atoms with Gasteiger partial charge in [-0.15, -0.1) is 11.3 Å². The number of carbonyl (C=O) groups is 1. The highest BCUT2D eigenvalue weighted by Crippen LogP contribution is 2.26. The van der Waals surface area contributed by atoms with Crippen LogP contribution in [0.25, 0.3) is 10.6 Å². The maximum atomic E-state index is 11.7. The summed E-state index contributed by atoms with van der Waals surface area (Å²) in [6.07, 6.45) is -0.199. The van der Waals surface area contributed by atoms with Crippen molar-refractivity contribution in [1.29, 1.82) is 0 Å². The van der Waals surface area contributed by atoms with E-state index < -0.39 is 0 Å². The number of hydrogen-bond acceptors (Lipinski definition) is 6. The van der Waals surface area contributed by atoms with Crippen LogP contribution in [-0.2, 0) is 11.3 Å². The van der Waals surface area contributed by atoms with Crippen LogP contribution in [-0.4, -0.2) is 53.7 Å². The topological polar surface area (TPSA) is 45.7 Å². The molecule has 1 saturated heterocycles. The van der Waals surface area contributed by atoms with Crippen molar-refractivity contribution in [2.24, 2.45) is 0 Å². The third kappa shape index (κ3) is 3.66. The van der Waals surface area contributed by atoms with E-state index in [2.05, 4.69) is 27.1 Å². The smallest absolute Gasteiger partial charge is 0.409 e. The summed E-state index contributed by atoms with van der Waals surface area (Å²) in [4.78, 5) is 20.5. The second kappa shape index (κ2) is 7.21. The first-order chi connectivity index (χ1) is 10.8. The van der Waals surface area contributed by atoms with Gasteiger partial charge < -0.3 is 9.64 Å². The summed E-state index contributed by atoms with van der Waals surface area (Å²) in [5.74, 6) is 0. The molecular weight excluding hydrogens is 318 g/mol. The molecule has 0 aliphatic carbocycles. The molecule has 118 valence electrons. The standard InChI is InChI=1S/C15H19N3O2S2/c1-2-20-15(19)18-6-4-17(5-7-18)9-13-11-22-14(16-13)12-3-8-21-10-12/h3,8,10-11H,2,4-7,9H2,1H3. The van der Waals surface area contributed by atoms with E-state index in [0.717, 1.165) is 43.4 Å². The molecule has 22 heavy (non-hydrogen) atoms. The molecule has 1 amide bonds. The van der Waals surface area contributed by atoms with Gasteiger partial charge in [0, 0.05) is 49.0 Å². The zero-order valence-electron chi connectivity index (χ0n) is 12.5. The minimum absolute atomic E-state index is 0.199. The van der Waals surface area contributed by atoms with Crippen molar-refractivity contribution in [2.75, 3.05) is 32.8 Å². The lowest BCUT2D eigenvalue weighted by atomic mass is 10.3. The van der Waals surface area contributed by atoms with Gasteiger partial charge >= 0.3 is 6.09 Å². The minimum Gasteiger partial charge on any atom is -0.450 e. The number of thiazole rings is 1. The summed E-state index contributed by atoms with van der Waals surface area (Å²) in [5.41, 5.74) is 2.31. The maximum Gasteiger partial charge on any atom is 0.409 e. The van der Waals surface area contributed by atoms with Crippen LogP contribution in [0.2, 0.25) is 0 Å². The molecule has 0 bridgehead atoms. The Morgan fingerprint density at radius 2 is 2.14 bits per heavy atom. The fraction of sp³-hybridized carbons (Fsp3) is 0.467. The fourth-order valence-electron chi connectivity index (χ4n) is 2.43. The van der Waals surface area contributed by atoms with E-state index in [-0.39, 0.29) is 6.09 Å². The lowest BCUT2D eigenvalue weighted by molar-refractivity contribution is 0.0776. The van der Waals surface area contributed by atoms with E-state index in [1.807, 2.05) is 6.92 Å². The summed E-state index contributed by atoms with van der Waals surface area (Å²) in [5, 5.41) is 7.41. The number of ether oxygens (including phenoxy) is 1. The third-order valence-electron chi connectivity index (χ3n) is 3.60. The average molecular weight is 337 g/mol. The highest BCUT2D eigenvalue weighted by atomic mass is 32.1. The van der Waals surface area contributed by atoms with Crippen molar-refractivity contribution in [3.63, 3.8) is 0 Å². The molecule has 3 heterocycles. The zero-order valence-corrected chi connectivity index (χ0v) is 14.2. The normalized spacial score (nSPS) is 16.0. The Morgan fingerprint density at radius 3 is 2.82 bits per heavy atom. The predicted molar refractivity (Wildman–Crippen MR) is 89.3 cm³/mol. The second-order valence-corrected chi connectivity index (χ2v) is 6.76.